The number of rotatable bonds is 7. The van der Waals surface area contributed by atoms with E-state index in [-0.39, 0.29) is 12.4 Å². The van der Waals surface area contributed by atoms with E-state index in [9.17, 15) is 9.59 Å². The summed E-state index contributed by atoms with van der Waals surface area (Å²) >= 11 is 13.1. The van der Waals surface area contributed by atoms with E-state index in [2.05, 4.69) is 10.3 Å². The first-order valence-corrected chi connectivity index (χ1v) is 11.1. The smallest absolute Gasteiger partial charge is 0.264 e. The van der Waals surface area contributed by atoms with Crippen molar-refractivity contribution >= 4 is 51.4 Å². The number of amides is 1. The number of nitrogens with one attached hydrogen (secondary N) is 1. The van der Waals surface area contributed by atoms with Crippen molar-refractivity contribution in [1.82, 2.24) is 4.98 Å². The lowest BCUT2D eigenvalue weighted by Crippen LogP contribution is -2.20. The molecule has 3 aromatic carbocycles. The molecule has 0 aliphatic heterocycles. The van der Waals surface area contributed by atoms with Gasteiger partial charge in [0, 0.05) is 16.1 Å². The van der Waals surface area contributed by atoms with Gasteiger partial charge < -0.3 is 4.74 Å². The summed E-state index contributed by atoms with van der Waals surface area (Å²) in [5.41, 5.74) is 1.85. The average Bonchev–Trinajstić information content (AvgIpc) is 3.23. The summed E-state index contributed by atoms with van der Waals surface area (Å²) in [5.74, 6) is -0.245. The second-order valence-corrected chi connectivity index (χ2v) is 8.51. The number of nitrogens with zero attached hydrogens (tertiary/aromatic N) is 1. The van der Waals surface area contributed by atoms with Gasteiger partial charge in [-0.1, -0.05) is 95.2 Å². The van der Waals surface area contributed by atoms with E-state index in [0.717, 1.165) is 16.9 Å². The highest BCUT2D eigenvalue weighted by atomic mass is 35.5. The van der Waals surface area contributed by atoms with Crippen LogP contribution >= 0.6 is 34.5 Å². The fourth-order valence-electron chi connectivity index (χ4n) is 2.93. The number of benzene rings is 3. The van der Waals surface area contributed by atoms with Crippen molar-refractivity contribution in [2.45, 2.75) is 0 Å². The second-order valence-electron chi connectivity index (χ2n) is 6.67. The minimum atomic E-state index is -0.428. The fourth-order valence-corrected chi connectivity index (χ4v) is 4.36. The molecule has 0 saturated heterocycles. The maximum absolute atomic E-state index is 13.1. The molecule has 0 aliphatic rings. The third kappa shape index (κ3) is 5.16. The van der Waals surface area contributed by atoms with Gasteiger partial charge >= 0.3 is 0 Å². The van der Waals surface area contributed by atoms with Crippen LogP contribution in [0.25, 0.3) is 11.3 Å². The minimum Gasteiger partial charge on any atom is -0.482 e. The number of halogens is 2. The van der Waals surface area contributed by atoms with Crippen molar-refractivity contribution in [2.24, 2.45) is 0 Å². The Kier molecular flexibility index (Phi) is 6.85. The Morgan fingerprint density at radius 3 is 2.31 bits per heavy atom. The Labute approximate surface area is 198 Å². The molecule has 32 heavy (non-hydrogen) atoms. The monoisotopic (exact) mass is 482 g/mol. The first-order chi connectivity index (χ1) is 15.5. The molecule has 0 spiro atoms. The van der Waals surface area contributed by atoms with E-state index in [1.54, 1.807) is 36.4 Å². The number of hydrogen-bond acceptors (Lipinski definition) is 5. The predicted molar refractivity (Wildman–Crippen MR) is 128 cm³/mol. The van der Waals surface area contributed by atoms with E-state index in [4.69, 9.17) is 27.9 Å². The average molecular weight is 483 g/mol. The first-order valence-electron chi connectivity index (χ1n) is 9.55. The predicted octanol–water partition coefficient (Wildman–Crippen LogP) is 6.37. The van der Waals surface area contributed by atoms with E-state index >= 15 is 0 Å². The maximum Gasteiger partial charge on any atom is 0.264 e. The number of ketones is 1. The van der Waals surface area contributed by atoms with Gasteiger partial charge in [0.2, 0.25) is 5.78 Å². The van der Waals surface area contributed by atoms with Crippen LogP contribution in [0, 0.1) is 0 Å². The Bertz CT molecular complexity index is 1260. The van der Waals surface area contributed by atoms with Gasteiger partial charge in [-0.15, -0.1) is 0 Å². The lowest BCUT2D eigenvalue weighted by molar-refractivity contribution is -0.118. The topological polar surface area (TPSA) is 68.3 Å². The lowest BCUT2D eigenvalue weighted by atomic mass is 10.1. The summed E-state index contributed by atoms with van der Waals surface area (Å²) in [6, 6.07) is 23.1. The van der Waals surface area contributed by atoms with Gasteiger partial charge in [0.15, 0.2) is 11.7 Å². The van der Waals surface area contributed by atoms with Crippen molar-refractivity contribution in [3.8, 4) is 17.0 Å². The molecule has 0 unspecified atom stereocenters. The number of ether oxygens (including phenoxy) is 1. The van der Waals surface area contributed by atoms with E-state index in [1.165, 1.54) is 6.07 Å². The minimum absolute atomic E-state index is 0.161. The van der Waals surface area contributed by atoms with Gasteiger partial charge in [-0.2, -0.15) is 0 Å². The Balaban J connectivity index is 1.55. The summed E-state index contributed by atoms with van der Waals surface area (Å²) in [4.78, 5) is 30.5. The Morgan fingerprint density at radius 1 is 0.938 bits per heavy atom. The van der Waals surface area contributed by atoms with Crippen LogP contribution in [0.2, 0.25) is 10.0 Å². The molecule has 1 N–H and O–H groups in total. The van der Waals surface area contributed by atoms with Gasteiger partial charge in [-0.25, -0.2) is 4.98 Å². The molecule has 1 amide bonds. The van der Waals surface area contributed by atoms with Gasteiger partial charge in [-0.3, -0.25) is 14.9 Å². The second kappa shape index (κ2) is 9.96. The number of thiazole rings is 1. The molecule has 1 heterocycles. The first kappa shape index (κ1) is 22.0. The zero-order valence-electron chi connectivity index (χ0n) is 16.5. The zero-order valence-corrected chi connectivity index (χ0v) is 18.9. The SMILES string of the molecule is O=C(COc1ccc(Cl)cc1Cl)Nc1nc(-c2ccccc2)c(C(=O)c2ccccc2)s1. The van der Waals surface area contributed by atoms with Crippen LogP contribution in [0.3, 0.4) is 0 Å². The standard InChI is InChI=1S/C24H16Cl2N2O3S/c25-17-11-12-19(18(26)13-17)31-14-20(29)27-24-28-21(15-7-3-1-4-8-15)23(32-24)22(30)16-9-5-2-6-10-16/h1-13H,14H2,(H,27,28,29). The molecule has 0 fully saturated rings. The van der Waals surface area contributed by atoms with Crippen LogP contribution in [0.1, 0.15) is 15.2 Å². The summed E-state index contributed by atoms with van der Waals surface area (Å²) in [6.07, 6.45) is 0. The highest BCUT2D eigenvalue weighted by Crippen LogP contribution is 2.33. The molecular weight excluding hydrogens is 467 g/mol. The summed E-state index contributed by atoms with van der Waals surface area (Å²) < 4.78 is 5.47. The third-order valence-electron chi connectivity index (χ3n) is 4.42. The molecule has 0 bridgehead atoms. The highest BCUT2D eigenvalue weighted by Gasteiger charge is 2.21. The summed E-state index contributed by atoms with van der Waals surface area (Å²) in [6.45, 7) is -0.274. The lowest BCUT2D eigenvalue weighted by Gasteiger charge is -2.07. The fraction of sp³-hybridized carbons (Fsp3) is 0.0417. The van der Waals surface area contributed by atoms with Gasteiger partial charge in [0.25, 0.3) is 5.91 Å². The van der Waals surface area contributed by atoms with Crippen LogP contribution in [0.4, 0.5) is 5.13 Å². The van der Waals surface area contributed by atoms with Gasteiger partial charge in [-0.05, 0) is 18.2 Å². The largest absolute Gasteiger partial charge is 0.482 e. The zero-order chi connectivity index (χ0) is 22.5. The van der Waals surface area contributed by atoms with Crippen LogP contribution < -0.4 is 10.1 Å². The molecule has 0 atom stereocenters. The summed E-state index contributed by atoms with van der Waals surface area (Å²) in [7, 11) is 0. The van der Waals surface area contributed by atoms with Crippen molar-refractivity contribution in [1.29, 1.82) is 0 Å². The number of carbonyl (C=O) groups is 2. The van der Waals surface area contributed by atoms with Crippen molar-refractivity contribution in [3.63, 3.8) is 0 Å². The van der Waals surface area contributed by atoms with Crippen LogP contribution in [-0.4, -0.2) is 23.3 Å². The summed E-state index contributed by atoms with van der Waals surface area (Å²) in [5, 5.41) is 3.78. The Morgan fingerprint density at radius 2 is 1.62 bits per heavy atom. The van der Waals surface area contributed by atoms with Crippen molar-refractivity contribution in [2.75, 3.05) is 11.9 Å². The maximum atomic E-state index is 13.1. The molecule has 5 nitrogen and oxygen atoms in total. The highest BCUT2D eigenvalue weighted by molar-refractivity contribution is 7.18. The molecule has 4 rings (SSSR count). The molecule has 8 heteroatoms. The normalized spacial score (nSPS) is 10.6. The Hall–Kier alpha value is -3.19. The third-order valence-corrected chi connectivity index (χ3v) is 5.92. The number of carbonyl (C=O) groups excluding carboxylic acids is 2. The molecule has 4 aromatic rings. The van der Waals surface area contributed by atoms with Crippen LogP contribution in [0.15, 0.2) is 78.9 Å². The molecule has 160 valence electrons. The molecule has 0 aliphatic carbocycles. The number of anilines is 1. The van der Waals surface area contributed by atoms with Crippen molar-refractivity contribution < 1.29 is 14.3 Å². The number of aromatic nitrogens is 1. The number of hydrogen-bond donors (Lipinski definition) is 1. The van der Waals surface area contributed by atoms with Gasteiger partial charge in [0.1, 0.15) is 10.6 Å². The van der Waals surface area contributed by atoms with E-state index in [1.807, 2.05) is 36.4 Å². The van der Waals surface area contributed by atoms with E-state index in [0.29, 0.717) is 37.1 Å². The molecular formula is C24H16Cl2N2O3S. The van der Waals surface area contributed by atoms with Crippen LogP contribution in [-0.2, 0) is 4.79 Å². The molecule has 0 radical (unpaired) electrons. The van der Waals surface area contributed by atoms with Gasteiger partial charge in [0.05, 0.1) is 10.7 Å². The quantitative estimate of drug-likeness (QED) is 0.311. The van der Waals surface area contributed by atoms with Crippen molar-refractivity contribution in [3.05, 3.63) is 99.3 Å². The van der Waals surface area contributed by atoms with E-state index < -0.39 is 5.91 Å². The molecule has 1 aromatic heterocycles. The van der Waals surface area contributed by atoms with Crippen LogP contribution in [0.5, 0.6) is 5.75 Å². The molecule has 0 saturated carbocycles.